The molecule has 1 aromatic rings. The van der Waals surface area contributed by atoms with E-state index in [4.69, 9.17) is 4.74 Å². The molecule has 0 aromatic heterocycles. The first kappa shape index (κ1) is 21.6. The molecule has 0 spiro atoms. The molecule has 2 aliphatic rings. The van der Waals surface area contributed by atoms with E-state index in [1.165, 1.54) is 21.7 Å². The summed E-state index contributed by atoms with van der Waals surface area (Å²) in [6.07, 6.45) is -0.650. The van der Waals surface area contributed by atoms with Crippen LogP contribution in [-0.2, 0) is 19.1 Å². The second kappa shape index (κ2) is 7.97. The lowest BCUT2D eigenvalue weighted by Crippen LogP contribution is -2.62. The van der Waals surface area contributed by atoms with Crippen molar-refractivity contribution >= 4 is 29.5 Å². The Bertz CT molecular complexity index is 886. The van der Waals surface area contributed by atoms with Gasteiger partial charge in [0.15, 0.2) is 0 Å². The minimum atomic E-state index is -1.36. The van der Waals surface area contributed by atoms with Gasteiger partial charge in [0.05, 0.1) is 12.5 Å². The van der Waals surface area contributed by atoms with Gasteiger partial charge in [0.25, 0.3) is 5.91 Å². The number of hydrogen-bond acceptors (Lipinski definition) is 5. The highest BCUT2D eigenvalue weighted by Gasteiger charge is 2.64. The van der Waals surface area contributed by atoms with Gasteiger partial charge in [-0.1, -0.05) is 18.2 Å². The standard InChI is InChI=1S/C21H28N4O5/c1-6-30-20(29)25-11-14(18(27)22-3)17-13-9-7-8-10-15(13)24(12-16(26)23(4)5)19(28)21(17,25)2/h7-10,14,17H,6,11-12H2,1-5H3,(H,22,27)/t14-,17+,21-/m0/s1. The Labute approximate surface area is 175 Å². The van der Waals surface area contributed by atoms with Gasteiger partial charge < -0.3 is 19.9 Å². The number of likely N-dealkylation sites (tertiary alicyclic amines) is 1. The molecule has 30 heavy (non-hydrogen) atoms. The molecule has 1 saturated heterocycles. The third-order valence-electron chi connectivity index (χ3n) is 6.05. The van der Waals surface area contributed by atoms with Crippen molar-refractivity contribution in [3.05, 3.63) is 29.8 Å². The number of carbonyl (C=O) groups excluding carboxylic acids is 4. The maximum Gasteiger partial charge on any atom is 0.410 e. The first-order chi connectivity index (χ1) is 14.2. The molecule has 1 aromatic carbocycles. The zero-order valence-corrected chi connectivity index (χ0v) is 18.0. The summed E-state index contributed by atoms with van der Waals surface area (Å²) in [4.78, 5) is 55.9. The van der Waals surface area contributed by atoms with Crippen molar-refractivity contribution in [2.75, 3.05) is 45.7 Å². The number of rotatable bonds is 4. The zero-order chi connectivity index (χ0) is 22.2. The molecule has 0 radical (unpaired) electrons. The lowest BCUT2D eigenvalue weighted by Gasteiger charge is -2.46. The second-order valence-electron chi connectivity index (χ2n) is 7.89. The Morgan fingerprint density at radius 1 is 1.27 bits per heavy atom. The van der Waals surface area contributed by atoms with Crippen LogP contribution in [-0.4, -0.2) is 80.0 Å². The molecule has 1 fully saturated rings. The van der Waals surface area contributed by atoms with Crippen molar-refractivity contribution in [2.45, 2.75) is 25.3 Å². The Morgan fingerprint density at radius 3 is 2.53 bits per heavy atom. The number of anilines is 1. The van der Waals surface area contributed by atoms with E-state index >= 15 is 0 Å². The molecule has 9 nitrogen and oxygen atoms in total. The van der Waals surface area contributed by atoms with E-state index in [0.29, 0.717) is 5.69 Å². The smallest absolute Gasteiger partial charge is 0.410 e. The van der Waals surface area contributed by atoms with E-state index in [1.54, 1.807) is 40.1 Å². The van der Waals surface area contributed by atoms with E-state index in [9.17, 15) is 19.2 Å². The molecular weight excluding hydrogens is 388 g/mol. The maximum atomic E-state index is 13.8. The summed E-state index contributed by atoms with van der Waals surface area (Å²) in [6, 6.07) is 7.23. The van der Waals surface area contributed by atoms with Crippen molar-refractivity contribution in [1.29, 1.82) is 0 Å². The SMILES string of the molecule is CCOC(=O)N1C[C@H](C(=O)NC)[C@H]2c3ccccc3N(CC(=O)N(C)C)C(=O)[C@]21C. The topological polar surface area (TPSA) is 99.3 Å². The number of para-hydroxylation sites is 1. The summed E-state index contributed by atoms with van der Waals surface area (Å²) >= 11 is 0. The third-order valence-corrected chi connectivity index (χ3v) is 6.05. The second-order valence-corrected chi connectivity index (χ2v) is 7.89. The van der Waals surface area contributed by atoms with E-state index in [-0.39, 0.29) is 31.5 Å². The fourth-order valence-corrected chi connectivity index (χ4v) is 4.52. The lowest BCUT2D eigenvalue weighted by molar-refractivity contribution is -0.133. The van der Waals surface area contributed by atoms with Gasteiger partial charge in [-0.15, -0.1) is 0 Å². The molecule has 0 bridgehead atoms. The Morgan fingerprint density at radius 2 is 1.93 bits per heavy atom. The van der Waals surface area contributed by atoms with Crippen LogP contribution in [0.5, 0.6) is 0 Å². The van der Waals surface area contributed by atoms with Crippen LogP contribution in [0.25, 0.3) is 0 Å². The summed E-state index contributed by atoms with van der Waals surface area (Å²) in [5.74, 6) is -2.08. The molecule has 3 rings (SSSR count). The largest absolute Gasteiger partial charge is 0.450 e. The van der Waals surface area contributed by atoms with Gasteiger partial charge in [-0.05, 0) is 25.5 Å². The summed E-state index contributed by atoms with van der Waals surface area (Å²) in [5, 5.41) is 2.65. The van der Waals surface area contributed by atoms with Crippen LogP contribution >= 0.6 is 0 Å². The predicted molar refractivity (Wildman–Crippen MR) is 110 cm³/mol. The van der Waals surface area contributed by atoms with Crippen molar-refractivity contribution in [1.82, 2.24) is 15.1 Å². The summed E-state index contributed by atoms with van der Waals surface area (Å²) in [7, 11) is 4.77. The number of benzene rings is 1. The van der Waals surface area contributed by atoms with E-state index < -0.39 is 29.4 Å². The number of nitrogens with zero attached hydrogens (tertiary/aromatic N) is 3. The van der Waals surface area contributed by atoms with Crippen molar-refractivity contribution in [2.24, 2.45) is 5.92 Å². The van der Waals surface area contributed by atoms with E-state index in [1.807, 2.05) is 12.1 Å². The highest BCUT2D eigenvalue weighted by atomic mass is 16.6. The minimum Gasteiger partial charge on any atom is -0.450 e. The molecule has 3 atom stereocenters. The minimum absolute atomic E-state index is 0.0508. The fraction of sp³-hybridized carbons (Fsp3) is 0.524. The van der Waals surface area contributed by atoms with Gasteiger partial charge in [-0.25, -0.2) is 4.79 Å². The molecule has 0 unspecified atom stereocenters. The number of carbonyl (C=O) groups is 4. The van der Waals surface area contributed by atoms with Gasteiger partial charge >= 0.3 is 6.09 Å². The van der Waals surface area contributed by atoms with Gasteiger partial charge in [0.1, 0.15) is 12.1 Å². The highest BCUT2D eigenvalue weighted by Crippen LogP contribution is 2.53. The summed E-state index contributed by atoms with van der Waals surface area (Å²) in [5.41, 5.74) is -0.0176. The molecule has 162 valence electrons. The molecule has 2 heterocycles. The zero-order valence-electron chi connectivity index (χ0n) is 18.0. The first-order valence-electron chi connectivity index (χ1n) is 9.95. The van der Waals surface area contributed by atoms with Crippen molar-refractivity contribution in [3.63, 3.8) is 0 Å². The quantitative estimate of drug-likeness (QED) is 0.783. The average molecular weight is 416 g/mol. The van der Waals surface area contributed by atoms with E-state index in [0.717, 1.165) is 5.56 Å². The van der Waals surface area contributed by atoms with Crippen molar-refractivity contribution < 1.29 is 23.9 Å². The number of likely N-dealkylation sites (N-methyl/N-ethyl adjacent to an activating group) is 1. The maximum absolute atomic E-state index is 13.8. The molecule has 0 saturated carbocycles. The van der Waals surface area contributed by atoms with Gasteiger partial charge in [-0.3, -0.25) is 19.3 Å². The van der Waals surface area contributed by atoms with Crippen LogP contribution in [0, 0.1) is 5.92 Å². The highest BCUT2D eigenvalue weighted by molar-refractivity contribution is 6.09. The third kappa shape index (κ3) is 3.18. The summed E-state index contributed by atoms with van der Waals surface area (Å²) in [6.45, 7) is 3.38. The van der Waals surface area contributed by atoms with Crippen LogP contribution in [0.15, 0.2) is 24.3 Å². The Hall–Kier alpha value is -3.10. The van der Waals surface area contributed by atoms with Gasteiger partial charge in [-0.2, -0.15) is 0 Å². The number of amides is 4. The molecule has 4 amide bonds. The number of nitrogens with one attached hydrogen (secondary N) is 1. The Balaban J connectivity index is 2.18. The van der Waals surface area contributed by atoms with Gasteiger partial charge in [0.2, 0.25) is 11.8 Å². The Kier molecular flexibility index (Phi) is 5.74. The average Bonchev–Trinajstić information content (AvgIpc) is 3.05. The van der Waals surface area contributed by atoms with Crippen LogP contribution in [0.3, 0.4) is 0 Å². The first-order valence-corrected chi connectivity index (χ1v) is 9.95. The normalized spacial score (nSPS) is 24.8. The van der Waals surface area contributed by atoms with Crippen LogP contribution in [0.2, 0.25) is 0 Å². The van der Waals surface area contributed by atoms with Crippen molar-refractivity contribution in [3.8, 4) is 0 Å². The molecule has 1 N–H and O–H groups in total. The molecular formula is C21H28N4O5. The fourth-order valence-electron chi connectivity index (χ4n) is 4.52. The van der Waals surface area contributed by atoms with Crippen LogP contribution in [0.1, 0.15) is 25.3 Å². The summed E-state index contributed by atoms with van der Waals surface area (Å²) < 4.78 is 5.20. The van der Waals surface area contributed by atoms with Crippen LogP contribution < -0.4 is 10.2 Å². The van der Waals surface area contributed by atoms with Crippen LogP contribution in [0.4, 0.5) is 10.5 Å². The number of ether oxygens (including phenoxy) is 1. The predicted octanol–water partition coefficient (Wildman–Crippen LogP) is 0.798. The molecule has 9 heteroatoms. The molecule has 2 aliphatic heterocycles. The van der Waals surface area contributed by atoms with Gasteiger partial charge in [0, 0.05) is 39.3 Å². The van der Waals surface area contributed by atoms with E-state index in [2.05, 4.69) is 5.32 Å². The number of hydrogen-bond donors (Lipinski definition) is 1. The molecule has 0 aliphatic carbocycles. The lowest BCUT2D eigenvalue weighted by atomic mass is 9.72. The number of fused-ring (bicyclic) bond motifs is 3. The monoisotopic (exact) mass is 416 g/mol.